The molecule has 4 amide bonds. The predicted octanol–water partition coefficient (Wildman–Crippen LogP) is 3.85. The number of nitrogens with zero attached hydrogens (tertiary/aromatic N) is 2. The van der Waals surface area contributed by atoms with Crippen molar-refractivity contribution >= 4 is 35.3 Å². The van der Waals surface area contributed by atoms with Gasteiger partial charge in [0.25, 0.3) is 17.5 Å². The summed E-state index contributed by atoms with van der Waals surface area (Å²) in [5.74, 6) is -0.804. The Hall–Kier alpha value is -4.99. The lowest BCUT2D eigenvalue weighted by molar-refractivity contribution is -0.384. The van der Waals surface area contributed by atoms with E-state index in [2.05, 4.69) is 5.32 Å². The molecule has 1 aliphatic heterocycles. The monoisotopic (exact) mass is 473 g/mol. The number of imide groups is 2. The van der Waals surface area contributed by atoms with Gasteiger partial charge in [-0.05, 0) is 53.6 Å². The highest BCUT2D eigenvalue weighted by Crippen LogP contribution is 2.30. The summed E-state index contributed by atoms with van der Waals surface area (Å²) in [6, 6.07) is 18.2. The quantitative estimate of drug-likeness (QED) is 0.239. The van der Waals surface area contributed by atoms with Crippen molar-refractivity contribution in [3.63, 3.8) is 0 Å². The summed E-state index contributed by atoms with van der Waals surface area (Å²) >= 11 is 0. The molecule has 3 aromatic rings. The summed E-state index contributed by atoms with van der Waals surface area (Å²) < 4.78 is 11.2. The first-order valence-electron chi connectivity index (χ1n) is 10.4. The van der Waals surface area contributed by atoms with E-state index < -0.39 is 22.8 Å². The van der Waals surface area contributed by atoms with Crippen molar-refractivity contribution in [3.8, 4) is 11.5 Å². The van der Waals surface area contributed by atoms with Crippen molar-refractivity contribution in [2.24, 2.45) is 0 Å². The maximum absolute atomic E-state index is 13.0. The molecular weight excluding hydrogens is 454 g/mol. The van der Waals surface area contributed by atoms with Crippen molar-refractivity contribution in [2.75, 3.05) is 12.0 Å². The number of nitro benzene ring substituents is 1. The number of urea groups is 1. The molecule has 0 aromatic heterocycles. The van der Waals surface area contributed by atoms with Crippen LogP contribution in [0, 0.1) is 10.1 Å². The van der Waals surface area contributed by atoms with E-state index in [-0.39, 0.29) is 17.9 Å². The van der Waals surface area contributed by atoms with Gasteiger partial charge in [0, 0.05) is 12.1 Å². The summed E-state index contributed by atoms with van der Waals surface area (Å²) in [6.45, 7) is 0.143. The predicted molar refractivity (Wildman–Crippen MR) is 126 cm³/mol. The van der Waals surface area contributed by atoms with E-state index in [4.69, 9.17) is 9.47 Å². The van der Waals surface area contributed by atoms with Crippen LogP contribution in [-0.2, 0) is 16.2 Å². The molecule has 3 aromatic carbocycles. The summed E-state index contributed by atoms with van der Waals surface area (Å²) in [6.07, 6.45) is 1.36. The minimum atomic E-state index is -0.823. The number of carbonyl (C=O) groups excluding carboxylic acids is 3. The molecule has 0 atom stereocenters. The molecule has 0 aliphatic carbocycles. The number of ether oxygens (including phenoxy) is 2. The second-order valence-corrected chi connectivity index (χ2v) is 7.42. The normalized spacial score (nSPS) is 14.6. The van der Waals surface area contributed by atoms with Crippen molar-refractivity contribution in [2.45, 2.75) is 6.61 Å². The molecule has 1 heterocycles. The van der Waals surface area contributed by atoms with Gasteiger partial charge in [0.2, 0.25) is 0 Å². The van der Waals surface area contributed by atoms with Crippen molar-refractivity contribution in [1.29, 1.82) is 0 Å². The van der Waals surface area contributed by atoms with Gasteiger partial charge in [-0.3, -0.25) is 25.0 Å². The van der Waals surface area contributed by atoms with Crippen LogP contribution in [0.4, 0.5) is 16.2 Å². The van der Waals surface area contributed by atoms with Crippen LogP contribution in [0.5, 0.6) is 11.5 Å². The Kier molecular flexibility index (Phi) is 6.54. The van der Waals surface area contributed by atoms with E-state index >= 15 is 0 Å². The number of hydrogen-bond donors (Lipinski definition) is 1. The maximum Gasteiger partial charge on any atom is 0.335 e. The van der Waals surface area contributed by atoms with E-state index in [0.29, 0.717) is 22.7 Å². The molecule has 1 saturated heterocycles. The Bertz CT molecular complexity index is 1330. The molecule has 10 nitrogen and oxygen atoms in total. The Morgan fingerprint density at radius 2 is 1.69 bits per heavy atom. The number of rotatable bonds is 7. The second kappa shape index (κ2) is 9.87. The summed E-state index contributed by atoms with van der Waals surface area (Å²) in [4.78, 5) is 48.8. The fraction of sp³-hybridized carbons (Fsp3) is 0.0800. The first-order valence-corrected chi connectivity index (χ1v) is 10.4. The van der Waals surface area contributed by atoms with Crippen LogP contribution in [0.3, 0.4) is 0 Å². The third-order valence-corrected chi connectivity index (χ3v) is 5.16. The second-order valence-electron chi connectivity index (χ2n) is 7.42. The molecule has 1 fully saturated rings. The van der Waals surface area contributed by atoms with Crippen molar-refractivity contribution in [3.05, 3.63) is 99.6 Å². The van der Waals surface area contributed by atoms with Gasteiger partial charge in [-0.2, -0.15) is 0 Å². The van der Waals surface area contributed by atoms with E-state index in [1.807, 2.05) is 0 Å². The number of methoxy groups -OCH3 is 1. The van der Waals surface area contributed by atoms with Crippen molar-refractivity contribution in [1.82, 2.24) is 5.32 Å². The van der Waals surface area contributed by atoms with Gasteiger partial charge in [0.05, 0.1) is 17.7 Å². The van der Waals surface area contributed by atoms with Crippen LogP contribution in [0.25, 0.3) is 6.08 Å². The van der Waals surface area contributed by atoms with Crippen LogP contribution >= 0.6 is 0 Å². The van der Waals surface area contributed by atoms with Crippen LogP contribution in [0.2, 0.25) is 0 Å². The molecule has 1 aliphatic rings. The number of non-ortho nitro benzene ring substituents is 1. The van der Waals surface area contributed by atoms with Gasteiger partial charge in [0.15, 0.2) is 11.5 Å². The fourth-order valence-corrected chi connectivity index (χ4v) is 3.40. The molecule has 1 N–H and O–H groups in total. The number of hydrogen-bond acceptors (Lipinski definition) is 7. The number of nitrogens with one attached hydrogen (secondary N) is 1. The minimum absolute atomic E-state index is 0.0162. The lowest BCUT2D eigenvalue weighted by Crippen LogP contribution is -2.54. The molecule has 176 valence electrons. The number of para-hydroxylation sites is 1. The Morgan fingerprint density at radius 3 is 2.34 bits per heavy atom. The zero-order valence-corrected chi connectivity index (χ0v) is 18.5. The molecule has 0 unspecified atom stereocenters. The van der Waals surface area contributed by atoms with Gasteiger partial charge in [-0.15, -0.1) is 0 Å². The molecule has 4 rings (SSSR count). The van der Waals surface area contributed by atoms with E-state index in [1.165, 1.54) is 25.3 Å². The number of carbonyl (C=O) groups is 3. The average Bonchev–Trinajstić information content (AvgIpc) is 2.86. The molecule has 0 radical (unpaired) electrons. The zero-order valence-electron chi connectivity index (χ0n) is 18.5. The molecule has 0 bridgehead atoms. The van der Waals surface area contributed by atoms with Crippen LogP contribution in [-0.4, -0.2) is 29.9 Å². The van der Waals surface area contributed by atoms with Gasteiger partial charge >= 0.3 is 6.03 Å². The summed E-state index contributed by atoms with van der Waals surface area (Å²) in [5, 5.41) is 13.0. The zero-order chi connectivity index (χ0) is 24.9. The highest BCUT2D eigenvalue weighted by Gasteiger charge is 2.36. The molecule has 35 heavy (non-hydrogen) atoms. The molecule has 0 spiro atoms. The van der Waals surface area contributed by atoms with Crippen LogP contribution < -0.4 is 19.7 Å². The number of anilines is 1. The van der Waals surface area contributed by atoms with Crippen molar-refractivity contribution < 1.29 is 28.8 Å². The van der Waals surface area contributed by atoms with E-state index in [0.717, 1.165) is 10.5 Å². The van der Waals surface area contributed by atoms with Crippen LogP contribution in [0.15, 0.2) is 78.4 Å². The number of nitro groups is 1. The number of benzene rings is 3. The first kappa shape index (κ1) is 23.2. The molecule has 0 saturated carbocycles. The Labute approximate surface area is 199 Å². The van der Waals surface area contributed by atoms with Gasteiger partial charge < -0.3 is 9.47 Å². The fourth-order valence-electron chi connectivity index (χ4n) is 3.40. The number of barbiturate groups is 1. The lowest BCUT2D eigenvalue weighted by Gasteiger charge is -2.26. The summed E-state index contributed by atoms with van der Waals surface area (Å²) in [7, 11) is 1.44. The number of amides is 4. The molecular formula is C25H19N3O7. The maximum atomic E-state index is 13.0. The third kappa shape index (κ3) is 5.01. The highest BCUT2D eigenvalue weighted by atomic mass is 16.6. The Balaban J connectivity index is 1.55. The van der Waals surface area contributed by atoms with E-state index in [1.54, 1.807) is 60.7 Å². The Morgan fingerprint density at radius 1 is 0.971 bits per heavy atom. The van der Waals surface area contributed by atoms with Gasteiger partial charge in [0.1, 0.15) is 12.2 Å². The summed E-state index contributed by atoms with van der Waals surface area (Å²) in [5.41, 5.74) is 1.30. The third-order valence-electron chi connectivity index (χ3n) is 5.16. The smallest absolute Gasteiger partial charge is 0.335 e. The minimum Gasteiger partial charge on any atom is -0.493 e. The average molecular weight is 473 g/mol. The standard InChI is InChI=1S/C25H19N3O7/c1-34-22-14-17(9-12-21(22)35-15-16-7-10-19(11-8-16)28(32)33)13-20-23(29)26-25(31)27(24(20)30)18-5-3-2-4-6-18/h2-14H,15H2,1H3,(H,26,29,31)/b20-13-. The van der Waals surface area contributed by atoms with Gasteiger partial charge in [-0.1, -0.05) is 24.3 Å². The first-order chi connectivity index (χ1) is 16.9. The highest BCUT2D eigenvalue weighted by molar-refractivity contribution is 6.39. The largest absolute Gasteiger partial charge is 0.493 e. The topological polar surface area (TPSA) is 128 Å². The van der Waals surface area contributed by atoms with Gasteiger partial charge in [-0.25, -0.2) is 9.69 Å². The van der Waals surface area contributed by atoms with Crippen LogP contribution in [0.1, 0.15) is 11.1 Å². The molecule has 10 heteroatoms. The van der Waals surface area contributed by atoms with E-state index in [9.17, 15) is 24.5 Å². The lowest BCUT2D eigenvalue weighted by atomic mass is 10.1. The SMILES string of the molecule is COc1cc(/C=C2/C(=O)NC(=O)N(c3ccccc3)C2=O)ccc1OCc1ccc([N+](=O)[O-])cc1.